The molecule has 7 rings (SSSR count). The second-order valence-corrected chi connectivity index (χ2v) is 12.0. The SMILES string of the molecule is C1=CC=CNC=C1.CC1(C)CC(C(=O)c2ccc(F)cc2)C=c2c1ccc1c2=CCc2cc(OC(=O)NCc3ccco3)ccc2-1. The van der Waals surface area contributed by atoms with E-state index in [1.54, 1.807) is 36.6 Å². The van der Waals surface area contributed by atoms with Gasteiger partial charge in [0, 0.05) is 23.9 Å². The second kappa shape index (κ2) is 13.3. The summed E-state index contributed by atoms with van der Waals surface area (Å²) in [5, 5.41) is 7.82. The number of carbonyl (C=O) groups excluding carboxylic acids is 2. The number of allylic oxidation sites excluding steroid dienone is 4. The maximum absolute atomic E-state index is 13.4. The van der Waals surface area contributed by atoms with Crippen molar-refractivity contribution in [1.29, 1.82) is 0 Å². The summed E-state index contributed by atoms with van der Waals surface area (Å²) in [5.41, 5.74) is 4.78. The molecule has 0 fully saturated rings. The Morgan fingerprint density at radius 1 is 0.957 bits per heavy atom. The van der Waals surface area contributed by atoms with Crippen molar-refractivity contribution in [3.8, 4) is 16.9 Å². The van der Waals surface area contributed by atoms with Crippen LogP contribution in [0, 0.1) is 11.7 Å². The topological polar surface area (TPSA) is 80.6 Å². The number of furan rings is 1. The maximum atomic E-state index is 13.4. The smallest absolute Gasteiger partial charge is 0.412 e. The molecule has 2 heterocycles. The average Bonchev–Trinajstić information content (AvgIpc) is 3.40. The highest BCUT2D eigenvalue weighted by Crippen LogP contribution is 2.35. The molecule has 0 radical (unpaired) electrons. The number of halogens is 1. The van der Waals surface area contributed by atoms with Gasteiger partial charge in [-0.05, 0) is 112 Å². The predicted octanol–water partition coefficient (Wildman–Crippen LogP) is 6.85. The number of Topliss-reactive ketones (excluding diaryl/α,β-unsaturated/α-hetero) is 1. The van der Waals surface area contributed by atoms with Gasteiger partial charge in [-0.25, -0.2) is 9.18 Å². The van der Waals surface area contributed by atoms with Crippen LogP contribution in [-0.2, 0) is 18.4 Å². The van der Waals surface area contributed by atoms with Crippen LogP contribution in [0.4, 0.5) is 9.18 Å². The van der Waals surface area contributed by atoms with Gasteiger partial charge >= 0.3 is 6.09 Å². The van der Waals surface area contributed by atoms with Gasteiger partial charge in [0.15, 0.2) is 5.78 Å². The molecule has 232 valence electrons. The van der Waals surface area contributed by atoms with E-state index in [4.69, 9.17) is 9.15 Å². The molecule has 2 N–H and O–H groups in total. The number of rotatable bonds is 5. The number of amides is 1. The molecule has 7 heteroatoms. The molecular weight excluding hydrogens is 579 g/mol. The monoisotopic (exact) mass is 614 g/mol. The van der Waals surface area contributed by atoms with Gasteiger partial charge in [0.1, 0.15) is 17.3 Å². The van der Waals surface area contributed by atoms with Crippen LogP contribution in [0.3, 0.4) is 0 Å². The molecule has 4 aromatic rings. The molecule has 0 saturated carbocycles. The Kier molecular flexibility index (Phi) is 8.83. The number of fused-ring (bicyclic) bond motifs is 5. The Labute approximate surface area is 267 Å². The van der Waals surface area contributed by atoms with E-state index in [9.17, 15) is 14.0 Å². The number of ketones is 1. The third-order valence-corrected chi connectivity index (χ3v) is 8.39. The predicted molar refractivity (Wildman–Crippen MR) is 178 cm³/mol. The Hall–Kier alpha value is -5.43. The lowest BCUT2D eigenvalue weighted by Crippen LogP contribution is -2.43. The molecular formula is C39H35FN2O4. The lowest BCUT2D eigenvalue weighted by molar-refractivity contribution is 0.0933. The minimum Gasteiger partial charge on any atom is -0.467 e. The van der Waals surface area contributed by atoms with Crippen molar-refractivity contribution in [3.63, 3.8) is 0 Å². The molecule has 3 aromatic carbocycles. The van der Waals surface area contributed by atoms with Crippen molar-refractivity contribution in [3.05, 3.63) is 148 Å². The zero-order valence-electron chi connectivity index (χ0n) is 25.8. The third kappa shape index (κ3) is 6.79. The van der Waals surface area contributed by atoms with Crippen molar-refractivity contribution in [2.45, 2.75) is 38.6 Å². The minimum absolute atomic E-state index is 0.00894. The number of hydrogen-bond acceptors (Lipinski definition) is 5. The van der Waals surface area contributed by atoms with Gasteiger partial charge in [-0.3, -0.25) is 4.79 Å². The van der Waals surface area contributed by atoms with Crippen LogP contribution in [0.15, 0.2) is 114 Å². The first kappa shape index (κ1) is 30.6. The van der Waals surface area contributed by atoms with Crippen LogP contribution >= 0.6 is 0 Å². The van der Waals surface area contributed by atoms with Crippen molar-refractivity contribution < 1.29 is 23.1 Å². The van der Waals surface area contributed by atoms with Gasteiger partial charge in [0.25, 0.3) is 0 Å². The highest BCUT2D eigenvalue weighted by atomic mass is 19.1. The van der Waals surface area contributed by atoms with E-state index in [1.165, 1.54) is 17.7 Å². The third-order valence-electron chi connectivity index (χ3n) is 8.39. The molecule has 1 unspecified atom stereocenters. The lowest BCUT2D eigenvalue weighted by atomic mass is 9.69. The fourth-order valence-corrected chi connectivity index (χ4v) is 6.18. The van der Waals surface area contributed by atoms with E-state index >= 15 is 0 Å². The van der Waals surface area contributed by atoms with Crippen molar-refractivity contribution in [2.24, 2.45) is 5.92 Å². The first-order valence-corrected chi connectivity index (χ1v) is 15.3. The number of benzene rings is 3. The van der Waals surface area contributed by atoms with Gasteiger partial charge in [0.05, 0.1) is 12.8 Å². The normalized spacial score (nSPS) is 16.5. The van der Waals surface area contributed by atoms with Crippen LogP contribution in [0.5, 0.6) is 5.75 Å². The Bertz CT molecular complexity index is 1960. The zero-order chi connectivity index (χ0) is 32.1. The van der Waals surface area contributed by atoms with Crippen molar-refractivity contribution >= 4 is 24.0 Å². The summed E-state index contributed by atoms with van der Waals surface area (Å²) in [6, 6.07) is 19.3. The van der Waals surface area contributed by atoms with Crippen LogP contribution in [0.25, 0.3) is 23.3 Å². The fourth-order valence-electron chi connectivity index (χ4n) is 6.18. The van der Waals surface area contributed by atoms with Crippen LogP contribution in [0.1, 0.15) is 47.5 Å². The van der Waals surface area contributed by atoms with Crippen LogP contribution in [-0.4, -0.2) is 11.9 Å². The molecule has 6 nitrogen and oxygen atoms in total. The summed E-state index contributed by atoms with van der Waals surface area (Å²) in [6.07, 6.45) is 18.2. The summed E-state index contributed by atoms with van der Waals surface area (Å²) in [7, 11) is 0. The standard InChI is InChI=1S/C33H28FNO4.C6H7N/c1-33(2)18-22(31(36)20-5-8-23(34)9-6-20)17-29-28-11-7-21-16-24(10-12-26(21)27(28)13-14-30(29)33)39-32(37)35-19-25-4-3-15-38-25;1-2-4-6-7-5-3-1/h3-6,8-17,22H,7,18-19H2,1-2H3,(H,35,37);1-7H. The molecule has 2 aliphatic carbocycles. The molecule has 1 amide bonds. The molecule has 46 heavy (non-hydrogen) atoms. The van der Waals surface area contributed by atoms with E-state index in [1.807, 2.05) is 48.8 Å². The van der Waals surface area contributed by atoms with Gasteiger partial charge in [-0.15, -0.1) is 0 Å². The largest absolute Gasteiger partial charge is 0.467 e. The van der Waals surface area contributed by atoms with Crippen molar-refractivity contribution in [1.82, 2.24) is 10.6 Å². The first-order valence-electron chi connectivity index (χ1n) is 15.3. The second-order valence-electron chi connectivity index (χ2n) is 12.0. The van der Waals surface area contributed by atoms with Crippen molar-refractivity contribution in [2.75, 3.05) is 0 Å². The maximum Gasteiger partial charge on any atom is 0.412 e. The molecule has 0 spiro atoms. The molecule has 3 aliphatic rings. The molecule has 0 bridgehead atoms. The van der Waals surface area contributed by atoms with Crippen LogP contribution < -0.4 is 25.8 Å². The molecule has 1 atom stereocenters. The van der Waals surface area contributed by atoms with Gasteiger partial charge in [-0.2, -0.15) is 0 Å². The van der Waals surface area contributed by atoms with E-state index in [0.29, 0.717) is 29.9 Å². The van der Waals surface area contributed by atoms with Crippen LogP contribution in [0.2, 0.25) is 0 Å². The van der Waals surface area contributed by atoms with Gasteiger partial charge < -0.3 is 19.8 Å². The first-order chi connectivity index (χ1) is 22.3. The lowest BCUT2D eigenvalue weighted by Gasteiger charge is -2.34. The molecule has 1 aromatic heterocycles. The fraction of sp³-hybridized carbons (Fsp3) is 0.179. The summed E-state index contributed by atoms with van der Waals surface area (Å²) < 4.78 is 24.2. The summed E-state index contributed by atoms with van der Waals surface area (Å²) in [5.74, 6) is 0.478. The van der Waals surface area contributed by atoms with Gasteiger partial charge in [-0.1, -0.05) is 56.4 Å². The quantitative estimate of drug-likeness (QED) is 0.241. The van der Waals surface area contributed by atoms with E-state index in [0.717, 1.165) is 27.1 Å². The number of nitrogens with one attached hydrogen (secondary N) is 2. The molecule has 1 aliphatic heterocycles. The number of ether oxygens (including phenoxy) is 1. The minimum atomic E-state index is -0.547. The number of hydrogen-bond donors (Lipinski definition) is 2. The average molecular weight is 615 g/mol. The van der Waals surface area contributed by atoms with Gasteiger partial charge in [0.2, 0.25) is 0 Å². The van der Waals surface area contributed by atoms with E-state index in [-0.39, 0.29) is 29.5 Å². The highest BCUT2D eigenvalue weighted by molar-refractivity contribution is 6.01. The molecule has 0 saturated heterocycles. The Morgan fingerprint density at radius 3 is 2.46 bits per heavy atom. The summed E-state index contributed by atoms with van der Waals surface area (Å²) >= 11 is 0. The van der Waals surface area contributed by atoms with E-state index in [2.05, 4.69) is 48.8 Å². The number of carbonyl (C=O) groups is 2. The Balaban J connectivity index is 0.000000471. The van der Waals surface area contributed by atoms with E-state index < -0.39 is 6.09 Å². The highest BCUT2D eigenvalue weighted by Gasteiger charge is 2.34. The Morgan fingerprint density at radius 2 is 1.72 bits per heavy atom. The summed E-state index contributed by atoms with van der Waals surface area (Å²) in [4.78, 5) is 25.7. The summed E-state index contributed by atoms with van der Waals surface area (Å²) in [6.45, 7) is 4.60. The zero-order valence-corrected chi connectivity index (χ0v) is 25.8.